The third kappa shape index (κ3) is 6.14. The predicted molar refractivity (Wildman–Crippen MR) is 146 cm³/mol. The number of Topliss-reactive ketones (excluding diaryl/α,β-unsaturated/α-hetero) is 1. The molecule has 38 heavy (non-hydrogen) atoms. The summed E-state index contributed by atoms with van der Waals surface area (Å²) in [5.74, 6) is -1.21. The first-order valence-corrected chi connectivity index (χ1v) is 12.8. The van der Waals surface area contributed by atoms with Gasteiger partial charge in [-0.05, 0) is 50.2 Å². The number of aldehydes is 3. The van der Waals surface area contributed by atoms with Gasteiger partial charge in [0.2, 0.25) is 5.60 Å². The molecule has 0 radical (unpaired) electrons. The monoisotopic (exact) mass is 650 g/mol. The summed E-state index contributed by atoms with van der Waals surface area (Å²) in [5.41, 5.74) is 1.73. The second-order valence-electron chi connectivity index (χ2n) is 7.56. The smallest absolute Gasteiger partial charge is 0.296 e. The molecule has 3 aliphatic heterocycles. The molecule has 12 heteroatoms. The van der Waals surface area contributed by atoms with Crippen molar-refractivity contribution in [2.45, 2.75) is 25.9 Å². The van der Waals surface area contributed by atoms with Crippen molar-refractivity contribution in [2.75, 3.05) is 23.4 Å². The first kappa shape index (κ1) is 30.7. The maximum Gasteiger partial charge on any atom is 0.296 e. The summed E-state index contributed by atoms with van der Waals surface area (Å²) in [6.07, 6.45) is 3.18. The number of carbonyl (C=O) groups is 6. The van der Waals surface area contributed by atoms with Crippen LogP contribution >= 0.6 is 31.9 Å². The molecular formula is C26H24Br2N2O8. The van der Waals surface area contributed by atoms with Gasteiger partial charge in [-0.25, -0.2) is 0 Å². The Balaban J connectivity index is 0.000000218. The number of rotatable bonds is 4. The van der Waals surface area contributed by atoms with Crippen LogP contribution in [0.1, 0.15) is 36.2 Å². The molecule has 200 valence electrons. The number of nitrogens with one attached hydrogen (secondary N) is 1. The van der Waals surface area contributed by atoms with Crippen molar-refractivity contribution in [1.82, 2.24) is 0 Å². The number of aliphatic hydroxyl groups excluding tert-OH is 1. The average Bonchev–Trinajstić information content (AvgIpc) is 3.30. The van der Waals surface area contributed by atoms with E-state index in [0.717, 1.165) is 20.2 Å². The van der Waals surface area contributed by atoms with Gasteiger partial charge in [0.1, 0.15) is 12.6 Å². The predicted octanol–water partition coefficient (Wildman–Crippen LogP) is 3.48. The van der Waals surface area contributed by atoms with Crippen molar-refractivity contribution in [3.63, 3.8) is 0 Å². The van der Waals surface area contributed by atoms with Crippen LogP contribution in [-0.2, 0) is 34.3 Å². The summed E-state index contributed by atoms with van der Waals surface area (Å²) in [5, 5.41) is 10.0. The Morgan fingerprint density at radius 3 is 2.11 bits per heavy atom. The number of ketones is 1. The molecule has 2 amide bonds. The van der Waals surface area contributed by atoms with Crippen LogP contribution in [0.25, 0.3) is 0 Å². The number of fused-ring (bicyclic) bond motifs is 3. The Labute approximate surface area is 235 Å². The standard InChI is InChI=1S/C13H10BrNO3.C8H4BrNO2.C3H4O2.C2H6O/c1-2-15-11-4-3-9(14)5-10(11)13(12(15)17)8(6-16)7-18-13;9-4-1-2-6-5(3-4)7(11)8(12)10-6;4-2-1-3-5;1-2-3/h3-7H,2H2,1H3;1-3H,(H,10,11,12);2-3H,1H2;3H,2H2,1H3/t13-;;;/m0.../s1. The van der Waals surface area contributed by atoms with Crippen molar-refractivity contribution in [3.8, 4) is 0 Å². The number of anilines is 2. The lowest BCUT2D eigenvalue weighted by Gasteiger charge is -2.34. The zero-order valence-corrected chi connectivity index (χ0v) is 23.6. The molecule has 3 heterocycles. The fourth-order valence-electron chi connectivity index (χ4n) is 3.66. The van der Waals surface area contributed by atoms with Crippen molar-refractivity contribution in [2.24, 2.45) is 0 Å². The molecule has 2 N–H and O–H groups in total. The summed E-state index contributed by atoms with van der Waals surface area (Å²) in [6, 6.07) is 10.7. The highest BCUT2D eigenvalue weighted by Crippen LogP contribution is 2.51. The van der Waals surface area contributed by atoms with E-state index in [1.54, 1.807) is 30.0 Å². The van der Waals surface area contributed by atoms with Gasteiger partial charge in [-0.2, -0.15) is 0 Å². The largest absolute Gasteiger partial charge is 0.474 e. The number of likely N-dealkylation sites (N-methyl/N-ethyl adjacent to an activating group) is 1. The fourth-order valence-corrected chi connectivity index (χ4v) is 4.38. The number of nitrogens with zero attached hydrogens (tertiary/aromatic N) is 1. The number of hydrogen-bond donors (Lipinski definition) is 2. The van der Waals surface area contributed by atoms with E-state index in [2.05, 4.69) is 37.2 Å². The van der Waals surface area contributed by atoms with E-state index in [0.29, 0.717) is 42.2 Å². The van der Waals surface area contributed by atoms with Crippen LogP contribution in [0.4, 0.5) is 11.4 Å². The van der Waals surface area contributed by atoms with Gasteiger partial charge in [0.05, 0.1) is 35.2 Å². The molecule has 0 saturated heterocycles. The van der Waals surface area contributed by atoms with Gasteiger partial charge in [0, 0.05) is 27.7 Å². The molecule has 10 nitrogen and oxygen atoms in total. The van der Waals surface area contributed by atoms with Crippen LogP contribution in [0.3, 0.4) is 0 Å². The second kappa shape index (κ2) is 13.9. The summed E-state index contributed by atoms with van der Waals surface area (Å²) >= 11 is 6.60. The summed E-state index contributed by atoms with van der Waals surface area (Å²) in [7, 11) is 0. The van der Waals surface area contributed by atoms with Crippen LogP contribution < -0.4 is 10.2 Å². The minimum Gasteiger partial charge on any atom is -0.474 e. The highest BCUT2D eigenvalue weighted by molar-refractivity contribution is 9.10. The van der Waals surface area contributed by atoms with E-state index in [4.69, 9.17) is 9.84 Å². The van der Waals surface area contributed by atoms with E-state index >= 15 is 0 Å². The Bertz CT molecular complexity index is 1290. The topological polar surface area (TPSA) is 147 Å². The molecule has 1 spiro atoms. The summed E-state index contributed by atoms with van der Waals surface area (Å²) < 4.78 is 7.05. The van der Waals surface area contributed by atoms with Gasteiger partial charge in [-0.3, -0.25) is 19.2 Å². The molecule has 3 aliphatic rings. The minimum absolute atomic E-state index is 0.0278. The number of ether oxygens (including phenoxy) is 1. The van der Waals surface area contributed by atoms with Crippen LogP contribution in [0.2, 0.25) is 0 Å². The molecule has 5 rings (SSSR count). The van der Waals surface area contributed by atoms with Crippen molar-refractivity contribution < 1.29 is 38.6 Å². The SMILES string of the molecule is CCN1C(=O)[C@@]2(OC=C2C=O)c2cc(Br)ccc21.CCO.O=C1Nc2ccc(Br)cc2C1=O.O=CCC=O. The maximum atomic E-state index is 12.5. The number of carbonyl (C=O) groups excluding carboxylic acids is 6. The van der Waals surface area contributed by atoms with E-state index in [1.165, 1.54) is 6.26 Å². The fraction of sp³-hybridized carbons (Fsp3) is 0.231. The molecular weight excluding hydrogens is 628 g/mol. The normalized spacial score (nSPS) is 17.4. The zero-order chi connectivity index (χ0) is 28.5. The van der Waals surface area contributed by atoms with Crippen molar-refractivity contribution in [3.05, 3.63) is 68.3 Å². The molecule has 0 bridgehead atoms. The Hall–Kier alpha value is -3.48. The number of benzene rings is 2. The molecule has 2 aromatic carbocycles. The Morgan fingerprint density at radius 2 is 1.61 bits per heavy atom. The zero-order valence-electron chi connectivity index (χ0n) is 20.4. The summed E-state index contributed by atoms with van der Waals surface area (Å²) in [4.78, 5) is 65.5. The van der Waals surface area contributed by atoms with E-state index < -0.39 is 17.3 Å². The van der Waals surface area contributed by atoms with Crippen LogP contribution in [0, 0.1) is 0 Å². The number of hydrogen-bond acceptors (Lipinski definition) is 8. The molecule has 0 aliphatic carbocycles. The van der Waals surface area contributed by atoms with E-state index in [1.807, 2.05) is 25.1 Å². The van der Waals surface area contributed by atoms with E-state index in [-0.39, 0.29) is 18.9 Å². The molecule has 2 aromatic rings. The van der Waals surface area contributed by atoms with Gasteiger partial charge in [0.25, 0.3) is 17.6 Å². The molecule has 0 saturated carbocycles. The van der Waals surface area contributed by atoms with Crippen molar-refractivity contribution in [1.29, 1.82) is 0 Å². The lowest BCUT2D eigenvalue weighted by Crippen LogP contribution is -2.47. The molecule has 0 fully saturated rings. The third-order valence-electron chi connectivity index (χ3n) is 5.26. The first-order valence-electron chi connectivity index (χ1n) is 11.3. The van der Waals surface area contributed by atoms with Gasteiger partial charge >= 0.3 is 0 Å². The maximum absolute atomic E-state index is 12.5. The first-order chi connectivity index (χ1) is 18.2. The molecule has 0 unspecified atom stereocenters. The van der Waals surface area contributed by atoms with Gasteiger partial charge < -0.3 is 29.6 Å². The highest BCUT2D eigenvalue weighted by atomic mass is 79.9. The molecule has 0 aromatic heterocycles. The van der Waals surface area contributed by atoms with Gasteiger partial charge in [-0.1, -0.05) is 31.9 Å². The lowest BCUT2D eigenvalue weighted by molar-refractivity contribution is -0.139. The van der Waals surface area contributed by atoms with E-state index in [9.17, 15) is 28.8 Å². The van der Waals surface area contributed by atoms with Crippen LogP contribution in [-0.4, -0.2) is 54.7 Å². The third-order valence-corrected chi connectivity index (χ3v) is 6.25. The summed E-state index contributed by atoms with van der Waals surface area (Å²) in [6.45, 7) is 4.37. The number of halogens is 2. The lowest BCUT2D eigenvalue weighted by atomic mass is 9.85. The quantitative estimate of drug-likeness (QED) is 0.290. The van der Waals surface area contributed by atoms with Gasteiger partial charge in [0.15, 0.2) is 6.29 Å². The number of aliphatic hydroxyl groups is 1. The van der Waals surface area contributed by atoms with Gasteiger partial charge in [-0.15, -0.1) is 0 Å². The van der Waals surface area contributed by atoms with Crippen LogP contribution in [0.15, 0.2) is 57.2 Å². The average molecular weight is 652 g/mol. The minimum atomic E-state index is -1.21. The Kier molecular flexibility index (Phi) is 11.2. The highest BCUT2D eigenvalue weighted by Gasteiger charge is 2.59. The number of amides is 2. The second-order valence-corrected chi connectivity index (χ2v) is 9.39. The Morgan fingerprint density at radius 1 is 1.00 bits per heavy atom. The van der Waals surface area contributed by atoms with Crippen LogP contribution in [0.5, 0.6) is 0 Å². The molecule has 1 atom stereocenters. The van der Waals surface area contributed by atoms with Crippen molar-refractivity contribution >= 4 is 79.7 Å².